The van der Waals surface area contributed by atoms with Crippen molar-refractivity contribution < 1.29 is 14.4 Å². The first-order valence-corrected chi connectivity index (χ1v) is 8.30. The van der Waals surface area contributed by atoms with E-state index in [1.165, 1.54) is 10.5 Å². The van der Waals surface area contributed by atoms with Crippen molar-refractivity contribution in [2.75, 3.05) is 19.6 Å². The van der Waals surface area contributed by atoms with Gasteiger partial charge in [-0.3, -0.25) is 19.3 Å². The summed E-state index contributed by atoms with van der Waals surface area (Å²) in [5.74, 6) is 0.0882. The quantitative estimate of drug-likeness (QED) is 0.780. The third-order valence-electron chi connectivity index (χ3n) is 4.58. The van der Waals surface area contributed by atoms with Crippen LogP contribution < -0.4 is 0 Å². The standard InChI is InChI=1S/C18H22N2O3/c1-2-3-13-4-6-15(7-5-13)18(23)19-10-14(11-19)12-20-16(21)8-9-17(20)22/h4-7,14H,2-3,8-12H2,1H3. The van der Waals surface area contributed by atoms with Gasteiger partial charge in [0.05, 0.1) is 0 Å². The fourth-order valence-electron chi connectivity index (χ4n) is 3.22. The van der Waals surface area contributed by atoms with Crippen LogP contribution in [0.25, 0.3) is 0 Å². The van der Waals surface area contributed by atoms with E-state index in [9.17, 15) is 14.4 Å². The molecule has 0 bridgehead atoms. The summed E-state index contributed by atoms with van der Waals surface area (Å²) in [6.45, 7) is 3.82. The largest absolute Gasteiger partial charge is 0.338 e. The van der Waals surface area contributed by atoms with Crippen LogP contribution in [0.3, 0.4) is 0 Å². The molecule has 2 heterocycles. The van der Waals surface area contributed by atoms with Gasteiger partial charge in [-0.2, -0.15) is 0 Å². The van der Waals surface area contributed by atoms with Crippen molar-refractivity contribution in [3.05, 3.63) is 35.4 Å². The Balaban J connectivity index is 1.51. The van der Waals surface area contributed by atoms with Crippen molar-refractivity contribution in [2.24, 2.45) is 5.92 Å². The van der Waals surface area contributed by atoms with Crippen molar-refractivity contribution in [2.45, 2.75) is 32.6 Å². The number of benzene rings is 1. The van der Waals surface area contributed by atoms with Gasteiger partial charge in [0.15, 0.2) is 0 Å². The third-order valence-corrected chi connectivity index (χ3v) is 4.58. The molecule has 0 radical (unpaired) electrons. The van der Waals surface area contributed by atoms with Crippen LogP contribution in [-0.2, 0) is 16.0 Å². The summed E-state index contributed by atoms with van der Waals surface area (Å²) in [5, 5.41) is 0. The Morgan fingerprint density at radius 3 is 2.26 bits per heavy atom. The molecule has 1 aromatic carbocycles. The molecular formula is C18H22N2O3. The SMILES string of the molecule is CCCc1ccc(C(=O)N2CC(CN3C(=O)CCC3=O)C2)cc1. The van der Waals surface area contributed by atoms with E-state index in [1.54, 1.807) is 4.90 Å². The molecule has 23 heavy (non-hydrogen) atoms. The summed E-state index contributed by atoms with van der Waals surface area (Å²) >= 11 is 0. The van der Waals surface area contributed by atoms with Crippen molar-refractivity contribution >= 4 is 17.7 Å². The molecule has 0 spiro atoms. The average Bonchev–Trinajstić information content (AvgIpc) is 2.82. The highest BCUT2D eigenvalue weighted by Crippen LogP contribution is 2.23. The Labute approximate surface area is 136 Å². The second kappa shape index (κ2) is 6.52. The normalized spacial score (nSPS) is 18.5. The third kappa shape index (κ3) is 3.28. The predicted octanol–water partition coefficient (Wildman–Crippen LogP) is 1.86. The lowest BCUT2D eigenvalue weighted by Gasteiger charge is -2.40. The molecule has 1 aromatic rings. The lowest BCUT2D eigenvalue weighted by Crippen LogP contribution is -2.54. The van der Waals surface area contributed by atoms with Gasteiger partial charge < -0.3 is 4.90 Å². The molecule has 0 atom stereocenters. The summed E-state index contributed by atoms with van der Waals surface area (Å²) in [4.78, 5) is 38.7. The molecule has 5 nitrogen and oxygen atoms in total. The van der Waals surface area contributed by atoms with Crippen LogP contribution in [0.1, 0.15) is 42.1 Å². The highest BCUT2D eigenvalue weighted by atomic mass is 16.2. The van der Waals surface area contributed by atoms with Crippen LogP contribution in [0.5, 0.6) is 0 Å². The Hall–Kier alpha value is -2.17. The summed E-state index contributed by atoms with van der Waals surface area (Å²) in [7, 11) is 0. The molecule has 122 valence electrons. The molecule has 0 N–H and O–H groups in total. The van der Waals surface area contributed by atoms with Gasteiger partial charge in [0.2, 0.25) is 11.8 Å². The monoisotopic (exact) mass is 314 g/mol. The summed E-state index contributed by atoms with van der Waals surface area (Å²) < 4.78 is 0. The van der Waals surface area contributed by atoms with Gasteiger partial charge >= 0.3 is 0 Å². The number of hydrogen-bond donors (Lipinski definition) is 0. The summed E-state index contributed by atoms with van der Waals surface area (Å²) in [6, 6.07) is 7.79. The van der Waals surface area contributed by atoms with E-state index < -0.39 is 0 Å². The minimum absolute atomic E-state index is 0.0309. The van der Waals surface area contributed by atoms with E-state index in [1.807, 2.05) is 24.3 Å². The maximum absolute atomic E-state index is 12.4. The molecule has 5 heteroatoms. The Bertz CT molecular complexity index is 602. The zero-order chi connectivity index (χ0) is 16.4. The zero-order valence-corrected chi connectivity index (χ0v) is 13.5. The van der Waals surface area contributed by atoms with Gasteiger partial charge in [-0.05, 0) is 24.1 Å². The molecule has 2 aliphatic rings. The smallest absolute Gasteiger partial charge is 0.253 e. The topological polar surface area (TPSA) is 57.7 Å². The van der Waals surface area contributed by atoms with Crippen LogP contribution in [0.4, 0.5) is 0 Å². The van der Waals surface area contributed by atoms with Crippen molar-refractivity contribution in [1.29, 1.82) is 0 Å². The minimum Gasteiger partial charge on any atom is -0.338 e. The minimum atomic E-state index is -0.0775. The summed E-state index contributed by atoms with van der Waals surface area (Å²) in [6.07, 6.45) is 2.78. The van der Waals surface area contributed by atoms with E-state index in [2.05, 4.69) is 6.92 Å². The van der Waals surface area contributed by atoms with Gasteiger partial charge in [-0.25, -0.2) is 0 Å². The maximum atomic E-state index is 12.4. The Morgan fingerprint density at radius 2 is 1.70 bits per heavy atom. The number of amides is 3. The van der Waals surface area contributed by atoms with Crippen LogP contribution in [0.2, 0.25) is 0 Å². The first kappa shape index (κ1) is 15.7. The second-order valence-corrected chi connectivity index (χ2v) is 6.42. The molecule has 0 aliphatic carbocycles. The first-order valence-electron chi connectivity index (χ1n) is 8.30. The number of aryl methyl sites for hydroxylation is 1. The number of carbonyl (C=O) groups excluding carboxylic acids is 3. The number of imide groups is 1. The van der Waals surface area contributed by atoms with E-state index in [-0.39, 0.29) is 23.6 Å². The number of nitrogens with zero attached hydrogens (tertiary/aromatic N) is 2. The molecule has 2 saturated heterocycles. The number of likely N-dealkylation sites (tertiary alicyclic amines) is 2. The van der Waals surface area contributed by atoms with E-state index >= 15 is 0 Å². The molecule has 3 amide bonds. The van der Waals surface area contributed by atoms with Gasteiger partial charge in [0.1, 0.15) is 0 Å². The lowest BCUT2D eigenvalue weighted by molar-refractivity contribution is -0.139. The molecule has 0 saturated carbocycles. The van der Waals surface area contributed by atoms with Gasteiger partial charge in [0.25, 0.3) is 5.91 Å². The van der Waals surface area contributed by atoms with Crippen molar-refractivity contribution in [3.8, 4) is 0 Å². The van der Waals surface area contributed by atoms with E-state index in [0.717, 1.165) is 12.8 Å². The number of hydrogen-bond acceptors (Lipinski definition) is 3. The fraction of sp³-hybridized carbons (Fsp3) is 0.500. The lowest BCUT2D eigenvalue weighted by atomic mass is 9.97. The van der Waals surface area contributed by atoms with Crippen LogP contribution in [-0.4, -0.2) is 47.2 Å². The highest BCUT2D eigenvalue weighted by Gasteiger charge is 2.37. The molecular weight excluding hydrogens is 292 g/mol. The average molecular weight is 314 g/mol. The second-order valence-electron chi connectivity index (χ2n) is 6.42. The predicted molar refractivity (Wildman–Crippen MR) is 85.8 cm³/mol. The van der Waals surface area contributed by atoms with Crippen molar-refractivity contribution in [1.82, 2.24) is 9.80 Å². The van der Waals surface area contributed by atoms with Crippen LogP contribution in [0.15, 0.2) is 24.3 Å². The first-order chi connectivity index (χ1) is 11.1. The van der Waals surface area contributed by atoms with E-state index in [4.69, 9.17) is 0 Å². The molecule has 0 unspecified atom stereocenters. The molecule has 0 aromatic heterocycles. The van der Waals surface area contributed by atoms with Crippen molar-refractivity contribution in [3.63, 3.8) is 0 Å². The summed E-state index contributed by atoms with van der Waals surface area (Å²) in [5.41, 5.74) is 1.95. The van der Waals surface area contributed by atoms with Gasteiger partial charge in [0, 0.05) is 44.0 Å². The fourth-order valence-corrected chi connectivity index (χ4v) is 3.22. The molecule has 2 fully saturated rings. The Kier molecular flexibility index (Phi) is 4.46. The van der Waals surface area contributed by atoms with Gasteiger partial charge in [-0.15, -0.1) is 0 Å². The highest BCUT2D eigenvalue weighted by molar-refractivity contribution is 6.02. The number of carbonyl (C=O) groups is 3. The molecule has 3 rings (SSSR count). The molecule has 2 aliphatic heterocycles. The van der Waals surface area contributed by atoms with Crippen LogP contribution in [0, 0.1) is 5.92 Å². The van der Waals surface area contributed by atoms with E-state index in [0.29, 0.717) is 38.0 Å². The van der Waals surface area contributed by atoms with Gasteiger partial charge in [-0.1, -0.05) is 25.5 Å². The maximum Gasteiger partial charge on any atom is 0.253 e. The Morgan fingerprint density at radius 1 is 1.09 bits per heavy atom. The number of rotatable bonds is 5. The zero-order valence-electron chi connectivity index (χ0n) is 13.5. The van der Waals surface area contributed by atoms with Crippen LogP contribution >= 0.6 is 0 Å².